The summed E-state index contributed by atoms with van der Waals surface area (Å²) >= 11 is 0. The fraction of sp³-hybridized carbons (Fsp3) is 0.278. The Labute approximate surface area is 129 Å². The van der Waals surface area contributed by atoms with Crippen molar-refractivity contribution in [1.29, 1.82) is 0 Å². The Morgan fingerprint density at radius 2 is 1.86 bits per heavy atom. The second kappa shape index (κ2) is 6.60. The zero-order valence-corrected chi connectivity index (χ0v) is 12.3. The van der Waals surface area contributed by atoms with Crippen LogP contribution in [-0.2, 0) is 0 Å². The van der Waals surface area contributed by atoms with E-state index in [9.17, 15) is 9.18 Å². The second-order valence-electron chi connectivity index (χ2n) is 5.54. The second-order valence-corrected chi connectivity index (χ2v) is 5.54. The predicted octanol–water partition coefficient (Wildman–Crippen LogP) is 3.22. The highest BCUT2D eigenvalue weighted by Gasteiger charge is 2.25. The first-order valence-electron chi connectivity index (χ1n) is 7.59. The Balaban J connectivity index is 1.61. The number of carbonyl (C=O) groups is 1. The van der Waals surface area contributed by atoms with Crippen LogP contribution in [0, 0.1) is 5.82 Å². The monoisotopic (exact) mass is 298 g/mol. The van der Waals surface area contributed by atoms with Gasteiger partial charge in [0.15, 0.2) is 0 Å². The Morgan fingerprint density at radius 3 is 2.59 bits per heavy atom. The van der Waals surface area contributed by atoms with Crippen molar-refractivity contribution in [3.8, 4) is 0 Å². The van der Waals surface area contributed by atoms with Crippen LogP contribution >= 0.6 is 0 Å². The van der Waals surface area contributed by atoms with Gasteiger partial charge in [-0.25, -0.2) is 4.39 Å². The molecule has 0 radical (unpaired) electrons. The molecule has 22 heavy (non-hydrogen) atoms. The number of para-hydroxylation sites is 1. The van der Waals surface area contributed by atoms with E-state index >= 15 is 0 Å². The van der Waals surface area contributed by atoms with Crippen LogP contribution in [0.25, 0.3) is 0 Å². The lowest BCUT2D eigenvalue weighted by molar-refractivity contribution is 0.0951. The van der Waals surface area contributed by atoms with E-state index in [1.54, 1.807) is 0 Å². The van der Waals surface area contributed by atoms with Gasteiger partial charge < -0.3 is 10.2 Å². The van der Waals surface area contributed by atoms with Gasteiger partial charge in [-0.1, -0.05) is 18.2 Å². The maximum absolute atomic E-state index is 12.9. The molecule has 2 aromatic carbocycles. The van der Waals surface area contributed by atoms with Gasteiger partial charge in [0.25, 0.3) is 5.91 Å². The van der Waals surface area contributed by atoms with Crippen LogP contribution in [-0.4, -0.2) is 25.0 Å². The third kappa shape index (κ3) is 3.27. The smallest absolute Gasteiger partial charge is 0.251 e. The molecule has 1 aliphatic heterocycles. The Hall–Kier alpha value is -2.36. The average Bonchev–Trinajstić information content (AvgIpc) is 3.02. The molecule has 1 unspecified atom stereocenters. The number of anilines is 1. The van der Waals surface area contributed by atoms with Crippen LogP contribution in [0.1, 0.15) is 23.2 Å². The number of hydrogen-bond donors (Lipinski definition) is 1. The van der Waals surface area contributed by atoms with Gasteiger partial charge in [0.2, 0.25) is 0 Å². The molecule has 1 heterocycles. The Bertz CT molecular complexity index is 627. The molecule has 2 aromatic rings. The van der Waals surface area contributed by atoms with E-state index in [0.717, 1.165) is 19.4 Å². The van der Waals surface area contributed by atoms with Crippen molar-refractivity contribution in [2.24, 2.45) is 0 Å². The lowest BCUT2D eigenvalue weighted by atomic mass is 10.1. The molecule has 3 nitrogen and oxygen atoms in total. The van der Waals surface area contributed by atoms with E-state index in [4.69, 9.17) is 0 Å². The van der Waals surface area contributed by atoms with Gasteiger partial charge in [0.05, 0.1) is 0 Å². The number of nitrogens with one attached hydrogen (secondary N) is 1. The summed E-state index contributed by atoms with van der Waals surface area (Å²) in [6.45, 7) is 1.62. The fourth-order valence-corrected chi connectivity index (χ4v) is 2.92. The predicted molar refractivity (Wildman–Crippen MR) is 85.5 cm³/mol. The molecule has 114 valence electrons. The Morgan fingerprint density at radius 1 is 1.14 bits per heavy atom. The highest BCUT2D eigenvalue weighted by Crippen LogP contribution is 2.24. The minimum atomic E-state index is -0.331. The zero-order valence-electron chi connectivity index (χ0n) is 12.3. The summed E-state index contributed by atoms with van der Waals surface area (Å²) in [4.78, 5) is 14.4. The van der Waals surface area contributed by atoms with Crippen molar-refractivity contribution in [1.82, 2.24) is 5.32 Å². The molecular weight excluding hydrogens is 279 g/mol. The largest absolute Gasteiger partial charge is 0.367 e. The van der Waals surface area contributed by atoms with Crippen molar-refractivity contribution >= 4 is 11.6 Å². The molecule has 3 rings (SSSR count). The molecule has 1 fully saturated rings. The highest BCUT2D eigenvalue weighted by molar-refractivity contribution is 5.94. The van der Waals surface area contributed by atoms with Crippen LogP contribution in [0.15, 0.2) is 54.6 Å². The van der Waals surface area contributed by atoms with Crippen LogP contribution in [0.4, 0.5) is 10.1 Å². The molecule has 0 saturated carbocycles. The van der Waals surface area contributed by atoms with Crippen molar-refractivity contribution in [2.75, 3.05) is 18.0 Å². The average molecular weight is 298 g/mol. The van der Waals surface area contributed by atoms with Crippen LogP contribution in [0.3, 0.4) is 0 Å². The summed E-state index contributed by atoms with van der Waals surface area (Å²) in [7, 11) is 0. The van der Waals surface area contributed by atoms with Crippen molar-refractivity contribution < 1.29 is 9.18 Å². The van der Waals surface area contributed by atoms with Crippen LogP contribution in [0.2, 0.25) is 0 Å². The fourth-order valence-electron chi connectivity index (χ4n) is 2.92. The standard InChI is InChI=1S/C18H19FN2O/c19-15-10-8-14(9-11-15)18(22)20-13-17-7-4-12-21(17)16-5-2-1-3-6-16/h1-3,5-6,8-11,17H,4,7,12-13H2,(H,20,22). The minimum absolute atomic E-state index is 0.153. The first-order chi connectivity index (χ1) is 10.7. The number of rotatable bonds is 4. The van der Waals surface area contributed by atoms with E-state index in [1.165, 1.54) is 30.0 Å². The maximum atomic E-state index is 12.9. The van der Waals surface area contributed by atoms with Crippen molar-refractivity contribution in [2.45, 2.75) is 18.9 Å². The number of halogens is 1. The van der Waals surface area contributed by atoms with Gasteiger partial charge in [-0.05, 0) is 49.2 Å². The number of benzene rings is 2. The number of hydrogen-bond acceptors (Lipinski definition) is 2. The van der Waals surface area contributed by atoms with E-state index in [1.807, 2.05) is 18.2 Å². The third-order valence-corrected chi connectivity index (χ3v) is 4.07. The molecule has 1 N–H and O–H groups in total. The lowest BCUT2D eigenvalue weighted by Gasteiger charge is -2.27. The quantitative estimate of drug-likeness (QED) is 0.940. The van der Waals surface area contributed by atoms with Gasteiger partial charge in [-0.15, -0.1) is 0 Å². The molecule has 0 aliphatic carbocycles. The topological polar surface area (TPSA) is 32.3 Å². The molecule has 0 bridgehead atoms. The number of nitrogens with zero attached hydrogens (tertiary/aromatic N) is 1. The van der Waals surface area contributed by atoms with Crippen molar-refractivity contribution in [3.05, 3.63) is 66.0 Å². The van der Waals surface area contributed by atoms with Gasteiger partial charge in [-0.3, -0.25) is 4.79 Å². The Kier molecular flexibility index (Phi) is 4.37. The summed E-state index contributed by atoms with van der Waals surface area (Å²) in [5, 5.41) is 2.96. The molecule has 4 heteroatoms. The molecular formula is C18H19FN2O. The molecule has 1 aliphatic rings. The summed E-state index contributed by atoms with van der Waals surface area (Å²) in [6.07, 6.45) is 2.20. The normalized spacial score (nSPS) is 17.5. The minimum Gasteiger partial charge on any atom is -0.367 e. The lowest BCUT2D eigenvalue weighted by Crippen LogP contribution is -2.40. The zero-order chi connectivity index (χ0) is 15.4. The molecule has 1 atom stereocenters. The van der Waals surface area contributed by atoms with E-state index in [-0.39, 0.29) is 11.7 Å². The van der Waals surface area contributed by atoms with Gasteiger partial charge in [-0.2, -0.15) is 0 Å². The molecule has 0 spiro atoms. The molecule has 1 amide bonds. The summed E-state index contributed by atoms with van der Waals surface area (Å²) in [5.41, 5.74) is 1.69. The van der Waals surface area contributed by atoms with E-state index in [0.29, 0.717) is 18.2 Å². The van der Waals surface area contributed by atoms with E-state index in [2.05, 4.69) is 22.3 Å². The van der Waals surface area contributed by atoms with E-state index < -0.39 is 0 Å². The summed E-state index contributed by atoms with van der Waals surface area (Å²) < 4.78 is 12.9. The maximum Gasteiger partial charge on any atom is 0.251 e. The molecule has 0 aromatic heterocycles. The highest BCUT2D eigenvalue weighted by atomic mass is 19.1. The first kappa shape index (κ1) is 14.6. The van der Waals surface area contributed by atoms with Gasteiger partial charge in [0, 0.05) is 30.4 Å². The first-order valence-corrected chi connectivity index (χ1v) is 7.59. The number of amides is 1. The van der Waals surface area contributed by atoms with Crippen LogP contribution in [0.5, 0.6) is 0 Å². The number of carbonyl (C=O) groups excluding carboxylic acids is 1. The SMILES string of the molecule is O=C(NCC1CCCN1c1ccccc1)c1ccc(F)cc1. The summed E-state index contributed by atoms with van der Waals surface area (Å²) in [5.74, 6) is -0.484. The third-order valence-electron chi connectivity index (χ3n) is 4.07. The van der Waals surface area contributed by atoms with Crippen LogP contribution < -0.4 is 10.2 Å². The van der Waals surface area contributed by atoms with Gasteiger partial charge in [0.1, 0.15) is 5.82 Å². The van der Waals surface area contributed by atoms with Crippen molar-refractivity contribution in [3.63, 3.8) is 0 Å². The van der Waals surface area contributed by atoms with Gasteiger partial charge >= 0.3 is 0 Å². The summed E-state index contributed by atoms with van der Waals surface area (Å²) in [6, 6.07) is 16.2. The molecule has 1 saturated heterocycles.